The average molecular weight is 242 g/mol. The van der Waals surface area contributed by atoms with E-state index < -0.39 is 0 Å². The van der Waals surface area contributed by atoms with Crippen molar-refractivity contribution in [1.29, 1.82) is 0 Å². The topological polar surface area (TPSA) is 50.8 Å². The summed E-state index contributed by atoms with van der Waals surface area (Å²) in [6.45, 7) is 6.41. The van der Waals surface area contributed by atoms with E-state index in [0.29, 0.717) is 13.2 Å². The summed E-state index contributed by atoms with van der Waals surface area (Å²) >= 11 is 0. The number of esters is 1. The molecular formula is C12H22N2O3. The monoisotopic (exact) mass is 242 g/mol. The van der Waals surface area contributed by atoms with Gasteiger partial charge >= 0.3 is 5.97 Å². The van der Waals surface area contributed by atoms with Crippen LogP contribution in [0.1, 0.15) is 6.92 Å². The molecule has 0 aliphatic carbocycles. The van der Waals surface area contributed by atoms with Gasteiger partial charge in [0.2, 0.25) is 0 Å². The molecule has 1 unspecified atom stereocenters. The van der Waals surface area contributed by atoms with Gasteiger partial charge in [-0.15, -0.1) is 0 Å². The fourth-order valence-corrected chi connectivity index (χ4v) is 1.66. The van der Waals surface area contributed by atoms with E-state index >= 15 is 0 Å². The molecule has 0 bridgehead atoms. The fourth-order valence-electron chi connectivity index (χ4n) is 1.66. The van der Waals surface area contributed by atoms with Crippen molar-refractivity contribution in [3.05, 3.63) is 12.2 Å². The molecule has 0 radical (unpaired) electrons. The van der Waals surface area contributed by atoms with Crippen LogP contribution in [0.25, 0.3) is 0 Å². The molecule has 1 fully saturated rings. The van der Waals surface area contributed by atoms with Crippen LogP contribution in [0.3, 0.4) is 0 Å². The minimum atomic E-state index is -0.289. The Morgan fingerprint density at radius 2 is 2.47 bits per heavy atom. The first-order chi connectivity index (χ1) is 8.22. The molecule has 1 saturated heterocycles. The molecule has 0 saturated carbocycles. The SMILES string of the molecule is CCOC(=O)/C=C/CNCC1CN(C)CCO1. The number of nitrogens with one attached hydrogen (secondary N) is 1. The summed E-state index contributed by atoms with van der Waals surface area (Å²) < 4.78 is 10.4. The van der Waals surface area contributed by atoms with E-state index in [4.69, 9.17) is 9.47 Å². The van der Waals surface area contributed by atoms with Gasteiger partial charge in [0.1, 0.15) is 0 Å². The second-order valence-corrected chi connectivity index (χ2v) is 4.07. The highest BCUT2D eigenvalue weighted by atomic mass is 16.5. The van der Waals surface area contributed by atoms with Gasteiger partial charge in [-0.25, -0.2) is 4.79 Å². The molecule has 98 valence electrons. The Bertz CT molecular complexity index is 256. The lowest BCUT2D eigenvalue weighted by molar-refractivity contribution is -0.137. The lowest BCUT2D eigenvalue weighted by Gasteiger charge is -2.30. The molecule has 1 rings (SSSR count). The first-order valence-corrected chi connectivity index (χ1v) is 6.06. The van der Waals surface area contributed by atoms with Crippen LogP contribution in [0.15, 0.2) is 12.2 Å². The summed E-state index contributed by atoms with van der Waals surface area (Å²) in [4.78, 5) is 13.2. The summed E-state index contributed by atoms with van der Waals surface area (Å²) in [5.41, 5.74) is 0. The second kappa shape index (κ2) is 8.22. The maximum atomic E-state index is 11.0. The molecule has 0 aromatic heterocycles. The van der Waals surface area contributed by atoms with Gasteiger partial charge in [0.15, 0.2) is 0 Å². The number of carbonyl (C=O) groups excluding carboxylic acids is 1. The van der Waals surface area contributed by atoms with Gasteiger partial charge in [0.25, 0.3) is 0 Å². The van der Waals surface area contributed by atoms with Crippen LogP contribution in [0, 0.1) is 0 Å². The Morgan fingerprint density at radius 1 is 1.65 bits per heavy atom. The van der Waals surface area contributed by atoms with Gasteiger partial charge in [-0.1, -0.05) is 6.08 Å². The van der Waals surface area contributed by atoms with Crippen molar-refractivity contribution in [1.82, 2.24) is 10.2 Å². The van der Waals surface area contributed by atoms with E-state index in [1.165, 1.54) is 6.08 Å². The third kappa shape index (κ3) is 6.41. The number of carbonyl (C=O) groups is 1. The predicted molar refractivity (Wildman–Crippen MR) is 65.9 cm³/mol. The van der Waals surface area contributed by atoms with Crippen molar-refractivity contribution in [2.45, 2.75) is 13.0 Å². The van der Waals surface area contributed by atoms with Crippen molar-refractivity contribution in [3.63, 3.8) is 0 Å². The number of ether oxygens (including phenoxy) is 2. The molecular weight excluding hydrogens is 220 g/mol. The van der Waals surface area contributed by atoms with Crippen LogP contribution < -0.4 is 5.32 Å². The summed E-state index contributed by atoms with van der Waals surface area (Å²) in [6, 6.07) is 0. The molecule has 1 aliphatic heterocycles. The number of rotatable bonds is 6. The van der Waals surface area contributed by atoms with Crippen LogP contribution in [0.2, 0.25) is 0 Å². The third-order valence-electron chi connectivity index (χ3n) is 2.52. The first-order valence-electron chi connectivity index (χ1n) is 6.06. The molecule has 1 aliphatic rings. The first kappa shape index (κ1) is 14.2. The molecule has 1 N–H and O–H groups in total. The molecule has 5 nitrogen and oxygen atoms in total. The molecule has 0 amide bonds. The molecule has 0 spiro atoms. The summed E-state index contributed by atoms with van der Waals surface area (Å²) in [7, 11) is 2.09. The predicted octanol–water partition coefficient (Wildman–Crippen LogP) is 0.0259. The largest absolute Gasteiger partial charge is 0.463 e. The Kier molecular flexibility index (Phi) is 6.84. The summed E-state index contributed by atoms with van der Waals surface area (Å²) in [6.07, 6.45) is 3.46. The standard InChI is InChI=1S/C12H22N2O3/c1-3-16-12(15)5-4-6-13-9-11-10-14(2)7-8-17-11/h4-5,11,13H,3,6-10H2,1-2H3/b5-4+. The fraction of sp³-hybridized carbons (Fsp3) is 0.750. The molecule has 0 aromatic rings. The van der Waals surface area contributed by atoms with E-state index in [2.05, 4.69) is 17.3 Å². The van der Waals surface area contributed by atoms with Gasteiger partial charge in [0.05, 0.1) is 19.3 Å². The Balaban J connectivity index is 2.05. The lowest BCUT2D eigenvalue weighted by atomic mass is 10.3. The van der Waals surface area contributed by atoms with Crippen LogP contribution in [0.5, 0.6) is 0 Å². The highest BCUT2D eigenvalue weighted by molar-refractivity contribution is 5.81. The zero-order valence-electron chi connectivity index (χ0n) is 10.6. The van der Waals surface area contributed by atoms with Gasteiger partial charge in [-0.2, -0.15) is 0 Å². The number of nitrogens with zero attached hydrogens (tertiary/aromatic N) is 1. The minimum absolute atomic E-state index is 0.241. The Labute approximate surface area is 103 Å². The van der Waals surface area contributed by atoms with Crippen molar-refractivity contribution in [2.24, 2.45) is 0 Å². The number of hydrogen-bond acceptors (Lipinski definition) is 5. The van der Waals surface area contributed by atoms with Crippen LogP contribution in [-0.4, -0.2) is 63.4 Å². The van der Waals surface area contributed by atoms with Crippen molar-refractivity contribution in [3.8, 4) is 0 Å². The van der Waals surface area contributed by atoms with Crippen LogP contribution in [-0.2, 0) is 14.3 Å². The lowest BCUT2D eigenvalue weighted by Crippen LogP contribution is -2.44. The maximum absolute atomic E-state index is 11.0. The highest BCUT2D eigenvalue weighted by Gasteiger charge is 2.16. The van der Waals surface area contributed by atoms with Crippen molar-refractivity contribution in [2.75, 3.05) is 46.4 Å². The van der Waals surface area contributed by atoms with E-state index in [-0.39, 0.29) is 12.1 Å². The second-order valence-electron chi connectivity index (χ2n) is 4.07. The van der Waals surface area contributed by atoms with Crippen LogP contribution in [0.4, 0.5) is 0 Å². The van der Waals surface area contributed by atoms with Gasteiger partial charge < -0.3 is 19.7 Å². The van der Waals surface area contributed by atoms with Crippen molar-refractivity contribution >= 4 is 5.97 Å². The average Bonchev–Trinajstić information content (AvgIpc) is 2.29. The normalized spacial score (nSPS) is 21.9. The zero-order valence-corrected chi connectivity index (χ0v) is 10.6. The Hall–Kier alpha value is -0.910. The number of morpholine rings is 1. The van der Waals surface area contributed by atoms with E-state index in [9.17, 15) is 4.79 Å². The van der Waals surface area contributed by atoms with Crippen LogP contribution >= 0.6 is 0 Å². The summed E-state index contributed by atoms with van der Waals surface area (Å²) in [5, 5.41) is 3.23. The Morgan fingerprint density at radius 3 is 3.18 bits per heavy atom. The molecule has 0 aromatic carbocycles. The molecule has 1 atom stereocenters. The van der Waals surface area contributed by atoms with E-state index in [1.54, 1.807) is 13.0 Å². The smallest absolute Gasteiger partial charge is 0.330 e. The van der Waals surface area contributed by atoms with E-state index in [0.717, 1.165) is 26.2 Å². The number of hydrogen-bond donors (Lipinski definition) is 1. The molecule has 5 heteroatoms. The zero-order chi connectivity index (χ0) is 12.5. The molecule has 1 heterocycles. The number of likely N-dealkylation sites (N-methyl/N-ethyl adjacent to an activating group) is 1. The molecule has 17 heavy (non-hydrogen) atoms. The minimum Gasteiger partial charge on any atom is -0.463 e. The third-order valence-corrected chi connectivity index (χ3v) is 2.52. The van der Waals surface area contributed by atoms with E-state index in [1.807, 2.05) is 0 Å². The summed E-state index contributed by atoms with van der Waals surface area (Å²) in [5.74, 6) is -0.289. The highest BCUT2D eigenvalue weighted by Crippen LogP contribution is 2.01. The van der Waals surface area contributed by atoms with Gasteiger partial charge in [0, 0.05) is 32.3 Å². The van der Waals surface area contributed by atoms with Crippen molar-refractivity contribution < 1.29 is 14.3 Å². The maximum Gasteiger partial charge on any atom is 0.330 e. The van der Waals surface area contributed by atoms with Gasteiger partial charge in [-0.3, -0.25) is 0 Å². The quantitative estimate of drug-likeness (QED) is 0.404. The van der Waals surface area contributed by atoms with Gasteiger partial charge in [-0.05, 0) is 14.0 Å².